The molecular formula is C12H19B. The first-order valence-corrected chi connectivity index (χ1v) is 6.12. The fourth-order valence-corrected chi connectivity index (χ4v) is 3.74. The lowest BCUT2D eigenvalue weighted by Crippen LogP contribution is -2.28. The Kier molecular flexibility index (Phi) is 1.96. The van der Waals surface area contributed by atoms with Gasteiger partial charge < -0.3 is 0 Å². The largest absolute Gasteiger partial charge is 0.0743 e. The number of fused-ring (bicyclic) bond motifs is 3. The van der Waals surface area contributed by atoms with Crippen molar-refractivity contribution >= 4 is 7.85 Å². The SMILES string of the molecule is [B]C1CCCCC2CC[C@H]2C2C[C@@H]12. The molecule has 0 nitrogen and oxygen atoms in total. The van der Waals surface area contributed by atoms with Crippen molar-refractivity contribution in [3.8, 4) is 0 Å². The maximum atomic E-state index is 6.19. The highest BCUT2D eigenvalue weighted by Gasteiger charge is 2.50. The van der Waals surface area contributed by atoms with E-state index >= 15 is 0 Å². The van der Waals surface area contributed by atoms with Gasteiger partial charge in [-0.25, -0.2) is 0 Å². The van der Waals surface area contributed by atoms with E-state index in [9.17, 15) is 0 Å². The molecule has 13 heavy (non-hydrogen) atoms. The lowest BCUT2D eigenvalue weighted by molar-refractivity contribution is 0.133. The van der Waals surface area contributed by atoms with Crippen LogP contribution in [0.2, 0.25) is 5.82 Å². The van der Waals surface area contributed by atoms with E-state index in [0.717, 1.165) is 23.7 Å². The van der Waals surface area contributed by atoms with Gasteiger partial charge in [0.25, 0.3) is 0 Å². The molecule has 0 saturated heterocycles. The highest BCUT2D eigenvalue weighted by molar-refractivity contribution is 6.12. The molecule has 0 aromatic heterocycles. The number of hydrogen-bond acceptors (Lipinski definition) is 0. The van der Waals surface area contributed by atoms with Crippen LogP contribution >= 0.6 is 0 Å². The Bertz CT molecular complexity index is 201. The van der Waals surface area contributed by atoms with Crippen LogP contribution in [0, 0.1) is 23.7 Å². The summed E-state index contributed by atoms with van der Waals surface area (Å²) >= 11 is 0. The van der Waals surface area contributed by atoms with Gasteiger partial charge in [-0.05, 0) is 42.9 Å². The van der Waals surface area contributed by atoms with E-state index in [2.05, 4.69) is 0 Å². The fourth-order valence-electron chi connectivity index (χ4n) is 3.74. The van der Waals surface area contributed by atoms with Gasteiger partial charge in [0.2, 0.25) is 0 Å². The molecule has 0 heterocycles. The second kappa shape index (κ2) is 3.03. The summed E-state index contributed by atoms with van der Waals surface area (Å²) in [7, 11) is 6.19. The molecule has 3 fully saturated rings. The monoisotopic (exact) mass is 174 g/mol. The Balaban J connectivity index is 1.70. The standard InChI is InChI=1S/C12H19B/c13-12-4-2-1-3-8-5-6-9(8)10-7-11(10)12/h8-12H,1-7H2/t8?,9-,10?,11-,12?/m1/s1. The molecule has 5 atom stereocenters. The number of rotatable bonds is 0. The third-order valence-corrected chi connectivity index (χ3v) is 4.83. The van der Waals surface area contributed by atoms with E-state index in [1.165, 1.54) is 44.9 Å². The van der Waals surface area contributed by atoms with E-state index in [4.69, 9.17) is 7.85 Å². The fraction of sp³-hybridized carbons (Fsp3) is 1.00. The van der Waals surface area contributed by atoms with Gasteiger partial charge in [0, 0.05) is 0 Å². The molecule has 0 aromatic carbocycles. The Labute approximate surface area is 82.9 Å². The van der Waals surface area contributed by atoms with Crippen molar-refractivity contribution in [2.75, 3.05) is 0 Å². The minimum Gasteiger partial charge on any atom is -0.0743 e. The van der Waals surface area contributed by atoms with Crippen molar-refractivity contribution in [1.82, 2.24) is 0 Å². The minimum absolute atomic E-state index is 0.560. The smallest absolute Gasteiger partial charge is 0.0703 e. The molecule has 0 aliphatic heterocycles. The third kappa shape index (κ3) is 1.35. The molecule has 0 N–H and O–H groups in total. The van der Waals surface area contributed by atoms with Crippen molar-refractivity contribution in [1.29, 1.82) is 0 Å². The molecule has 3 unspecified atom stereocenters. The lowest BCUT2D eigenvalue weighted by atomic mass is 9.68. The Morgan fingerprint density at radius 1 is 0.769 bits per heavy atom. The van der Waals surface area contributed by atoms with Gasteiger partial charge in [-0.15, -0.1) is 0 Å². The average Bonchev–Trinajstić information content (AvgIpc) is 2.80. The highest BCUT2D eigenvalue weighted by Crippen LogP contribution is 2.60. The van der Waals surface area contributed by atoms with E-state index in [1.807, 2.05) is 0 Å². The quantitative estimate of drug-likeness (QED) is 0.494. The summed E-state index contributed by atoms with van der Waals surface area (Å²) in [6, 6.07) is 0. The summed E-state index contributed by atoms with van der Waals surface area (Å²) in [6.45, 7) is 0. The molecule has 2 radical (unpaired) electrons. The predicted octanol–water partition coefficient (Wildman–Crippen LogP) is 3.18. The van der Waals surface area contributed by atoms with Crippen LogP contribution in [0.25, 0.3) is 0 Å². The third-order valence-electron chi connectivity index (χ3n) is 4.83. The number of hydrogen-bond donors (Lipinski definition) is 0. The molecule has 3 saturated carbocycles. The molecule has 70 valence electrons. The zero-order valence-corrected chi connectivity index (χ0v) is 8.41. The van der Waals surface area contributed by atoms with E-state index in [-0.39, 0.29) is 0 Å². The summed E-state index contributed by atoms with van der Waals surface area (Å²) in [5.74, 6) is 4.77. The summed E-state index contributed by atoms with van der Waals surface area (Å²) in [5.41, 5.74) is 0. The molecule has 0 spiro atoms. The van der Waals surface area contributed by atoms with Gasteiger partial charge in [-0.2, -0.15) is 0 Å². The van der Waals surface area contributed by atoms with Crippen LogP contribution in [-0.2, 0) is 0 Å². The molecule has 1 heteroatoms. The lowest BCUT2D eigenvalue weighted by Gasteiger charge is -2.37. The van der Waals surface area contributed by atoms with E-state index in [1.54, 1.807) is 0 Å². The Morgan fingerprint density at radius 2 is 1.62 bits per heavy atom. The zero-order valence-electron chi connectivity index (χ0n) is 8.41. The molecule has 0 bridgehead atoms. The van der Waals surface area contributed by atoms with Crippen molar-refractivity contribution in [2.24, 2.45) is 23.7 Å². The van der Waals surface area contributed by atoms with Crippen LogP contribution in [0.5, 0.6) is 0 Å². The van der Waals surface area contributed by atoms with Gasteiger partial charge in [0.05, 0.1) is 7.85 Å². The first-order valence-electron chi connectivity index (χ1n) is 6.12. The van der Waals surface area contributed by atoms with Gasteiger partial charge in [-0.3, -0.25) is 0 Å². The Hall–Kier alpha value is 0.0649. The van der Waals surface area contributed by atoms with E-state index in [0.29, 0.717) is 5.82 Å². The predicted molar refractivity (Wildman–Crippen MR) is 55.8 cm³/mol. The summed E-state index contributed by atoms with van der Waals surface area (Å²) in [5, 5.41) is 0. The maximum Gasteiger partial charge on any atom is 0.0703 e. The van der Waals surface area contributed by atoms with Crippen molar-refractivity contribution in [3.05, 3.63) is 0 Å². The Morgan fingerprint density at radius 3 is 2.38 bits per heavy atom. The second-order valence-corrected chi connectivity index (χ2v) is 5.51. The van der Waals surface area contributed by atoms with Crippen LogP contribution in [0.15, 0.2) is 0 Å². The second-order valence-electron chi connectivity index (χ2n) is 5.51. The normalized spacial score (nSPS) is 54.6. The van der Waals surface area contributed by atoms with Crippen LogP contribution in [-0.4, -0.2) is 7.85 Å². The molecule has 0 amide bonds. The molecule has 3 rings (SSSR count). The highest BCUT2D eigenvalue weighted by atomic mass is 14.5. The summed E-state index contributed by atoms with van der Waals surface area (Å²) in [6.07, 6.45) is 10.2. The molecular weight excluding hydrogens is 155 g/mol. The van der Waals surface area contributed by atoms with Crippen molar-refractivity contribution in [3.63, 3.8) is 0 Å². The first-order chi connectivity index (χ1) is 6.36. The maximum absolute atomic E-state index is 6.19. The molecule has 3 aliphatic carbocycles. The average molecular weight is 174 g/mol. The summed E-state index contributed by atoms with van der Waals surface area (Å²) < 4.78 is 0. The summed E-state index contributed by atoms with van der Waals surface area (Å²) in [4.78, 5) is 0. The topological polar surface area (TPSA) is 0 Å². The minimum atomic E-state index is 0.560. The van der Waals surface area contributed by atoms with Crippen molar-refractivity contribution < 1.29 is 0 Å². The van der Waals surface area contributed by atoms with Crippen LogP contribution in [0.4, 0.5) is 0 Å². The van der Waals surface area contributed by atoms with E-state index < -0.39 is 0 Å². The zero-order chi connectivity index (χ0) is 8.84. The molecule has 0 aromatic rings. The van der Waals surface area contributed by atoms with Crippen LogP contribution < -0.4 is 0 Å². The van der Waals surface area contributed by atoms with Gasteiger partial charge in [0.15, 0.2) is 0 Å². The van der Waals surface area contributed by atoms with Gasteiger partial charge >= 0.3 is 0 Å². The first kappa shape index (κ1) is 8.38. The van der Waals surface area contributed by atoms with Crippen LogP contribution in [0.3, 0.4) is 0 Å². The van der Waals surface area contributed by atoms with Gasteiger partial charge in [0.1, 0.15) is 0 Å². The molecule has 3 aliphatic rings. The van der Waals surface area contributed by atoms with Crippen molar-refractivity contribution in [2.45, 2.75) is 50.8 Å². The van der Waals surface area contributed by atoms with Crippen LogP contribution in [0.1, 0.15) is 44.9 Å². The van der Waals surface area contributed by atoms with Gasteiger partial charge in [-0.1, -0.05) is 31.5 Å².